The third-order valence-corrected chi connectivity index (χ3v) is 1.83. The Morgan fingerprint density at radius 2 is 1.83 bits per heavy atom. The minimum absolute atomic E-state index is 0.0836. The predicted molar refractivity (Wildman–Crippen MR) is 48.5 cm³/mol. The maximum atomic E-state index is 10.7. The Morgan fingerprint density at radius 1 is 1.33 bits per heavy atom. The van der Waals surface area contributed by atoms with Gasteiger partial charge in [0.1, 0.15) is 0 Å². The first-order chi connectivity index (χ1) is 5.31. The van der Waals surface area contributed by atoms with Gasteiger partial charge < -0.3 is 4.74 Å². The molecule has 0 spiro atoms. The number of sulfonamides is 1. The normalized spacial score (nSPS) is 15.1. The molecule has 0 aliphatic heterocycles. The van der Waals surface area contributed by atoms with Gasteiger partial charge in [0.05, 0.1) is 18.5 Å². The molecule has 0 rings (SSSR count). The molecule has 0 aliphatic carbocycles. The van der Waals surface area contributed by atoms with Crippen LogP contribution in [0.2, 0.25) is 0 Å². The lowest BCUT2D eigenvalue weighted by Gasteiger charge is -2.15. The van der Waals surface area contributed by atoms with Gasteiger partial charge in [0.25, 0.3) is 0 Å². The second-order valence-electron chi connectivity index (χ2n) is 3.12. The summed E-state index contributed by atoms with van der Waals surface area (Å²) in [5.74, 6) is 0. The van der Waals surface area contributed by atoms with Gasteiger partial charge in [0, 0.05) is 6.54 Å². The standard InChI is InChI=1S/C7H17NO3S/c1-6(2)11-7(3)5-8-12(4,9)10/h6-8H,5H2,1-4H3. The molecule has 74 valence electrons. The van der Waals surface area contributed by atoms with E-state index in [9.17, 15) is 8.42 Å². The van der Waals surface area contributed by atoms with Crippen LogP contribution in [0.25, 0.3) is 0 Å². The van der Waals surface area contributed by atoms with Crippen LogP contribution in [0.15, 0.2) is 0 Å². The van der Waals surface area contributed by atoms with Crippen LogP contribution in [0.5, 0.6) is 0 Å². The largest absolute Gasteiger partial charge is 0.374 e. The van der Waals surface area contributed by atoms with E-state index in [4.69, 9.17) is 4.74 Å². The first-order valence-corrected chi connectivity index (χ1v) is 5.80. The Balaban J connectivity index is 3.65. The van der Waals surface area contributed by atoms with Crippen LogP contribution in [-0.4, -0.2) is 33.4 Å². The summed E-state index contributed by atoms with van der Waals surface area (Å²) in [5, 5.41) is 0. The monoisotopic (exact) mass is 195 g/mol. The van der Waals surface area contributed by atoms with Crippen molar-refractivity contribution in [3.05, 3.63) is 0 Å². The molecular formula is C7H17NO3S. The number of ether oxygens (including phenoxy) is 1. The summed E-state index contributed by atoms with van der Waals surface area (Å²) >= 11 is 0. The molecule has 0 aromatic rings. The van der Waals surface area contributed by atoms with Crippen molar-refractivity contribution in [1.29, 1.82) is 0 Å². The number of rotatable bonds is 5. The summed E-state index contributed by atoms with van der Waals surface area (Å²) in [6, 6.07) is 0. The van der Waals surface area contributed by atoms with Crippen molar-refractivity contribution in [2.45, 2.75) is 33.0 Å². The van der Waals surface area contributed by atoms with Crippen molar-refractivity contribution in [1.82, 2.24) is 4.72 Å². The second kappa shape index (κ2) is 4.79. The van der Waals surface area contributed by atoms with Crippen LogP contribution in [-0.2, 0) is 14.8 Å². The van der Waals surface area contributed by atoms with Crippen LogP contribution in [0.1, 0.15) is 20.8 Å². The SMILES string of the molecule is CC(C)OC(C)CNS(C)(=O)=O. The van der Waals surface area contributed by atoms with E-state index >= 15 is 0 Å². The summed E-state index contributed by atoms with van der Waals surface area (Å²) in [4.78, 5) is 0. The number of hydrogen-bond donors (Lipinski definition) is 1. The summed E-state index contributed by atoms with van der Waals surface area (Å²) in [7, 11) is -3.08. The maximum Gasteiger partial charge on any atom is 0.208 e. The molecular weight excluding hydrogens is 178 g/mol. The van der Waals surface area contributed by atoms with E-state index in [1.54, 1.807) is 0 Å². The van der Waals surface area contributed by atoms with E-state index in [0.29, 0.717) is 6.54 Å². The zero-order valence-electron chi connectivity index (χ0n) is 7.99. The molecule has 12 heavy (non-hydrogen) atoms. The molecule has 4 nitrogen and oxygen atoms in total. The third kappa shape index (κ3) is 7.97. The summed E-state index contributed by atoms with van der Waals surface area (Å²) in [6.07, 6.45) is 1.18. The van der Waals surface area contributed by atoms with E-state index in [2.05, 4.69) is 4.72 Å². The molecule has 0 saturated carbocycles. The van der Waals surface area contributed by atoms with Gasteiger partial charge in [-0.2, -0.15) is 0 Å². The molecule has 1 N–H and O–H groups in total. The summed E-state index contributed by atoms with van der Waals surface area (Å²) < 4.78 is 29.0. The van der Waals surface area contributed by atoms with E-state index in [-0.39, 0.29) is 12.2 Å². The summed E-state index contributed by atoms with van der Waals surface area (Å²) in [6.45, 7) is 5.99. The van der Waals surface area contributed by atoms with Crippen LogP contribution < -0.4 is 4.72 Å². The highest BCUT2D eigenvalue weighted by atomic mass is 32.2. The topological polar surface area (TPSA) is 55.4 Å². The Hall–Kier alpha value is -0.130. The molecule has 0 radical (unpaired) electrons. The smallest absolute Gasteiger partial charge is 0.208 e. The average Bonchev–Trinajstić information content (AvgIpc) is 1.80. The van der Waals surface area contributed by atoms with Gasteiger partial charge in [0.15, 0.2) is 0 Å². The molecule has 0 aliphatic rings. The first kappa shape index (κ1) is 11.9. The van der Waals surface area contributed by atoms with E-state index in [1.165, 1.54) is 0 Å². The number of hydrogen-bond acceptors (Lipinski definition) is 3. The molecule has 5 heteroatoms. The molecule has 0 saturated heterocycles. The molecule has 0 aromatic heterocycles. The van der Waals surface area contributed by atoms with E-state index in [0.717, 1.165) is 6.26 Å². The maximum absolute atomic E-state index is 10.7. The lowest BCUT2D eigenvalue weighted by Crippen LogP contribution is -2.32. The molecule has 0 heterocycles. The van der Waals surface area contributed by atoms with Crippen LogP contribution in [0.3, 0.4) is 0 Å². The highest BCUT2D eigenvalue weighted by molar-refractivity contribution is 7.88. The predicted octanol–water partition coefficient (Wildman–Crippen LogP) is 0.349. The Kier molecular flexibility index (Phi) is 4.74. The average molecular weight is 195 g/mol. The van der Waals surface area contributed by atoms with E-state index < -0.39 is 10.0 Å². The van der Waals surface area contributed by atoms with Crippen molar-refractivity contribution >= 4 is 10.0 Å². The molecule has 0 bridgehead atoms. The molecule has 1 atom stereocenters. The quantitative estimate of drug-likeness (QED) is 0.688. The zero-order chi connectivity index (χ0) is 9.78. The molecule has 1 unspecified atom stereocenters. The van der Waals surface area contributed by atoms with Crippen LogP contribution >= 0.6 is 0 Å². The van der Waals surface area contributed by atoms with E-state index in [1.807, 2.05) is 20.8 Å². The minimum atomic E-state index is -3.08. The third-order valence-electron chi connectivity index (χ3n) is 1.14. The van der Waals surface area contributed by atoms with Gasteiger partial charge in [-0.25, -0.2) is 13.1 Å². The lowest BCUT2D eigenvalue weighted by atomic mass is 10.4. The van der Waals surface area contributed by atoms with Gasteiger partial charge in [-0.05, 0) is 20.8 Å². The van der Waals surface area contributed by atoms with Gasteiger partial charge in [-0.1, -0.05) is 0 Å². The summed E-state index contributed by atoms with van der Waals surface area (Å²) in [5.41, 5.74) is 0. The fourth-order valence-corrected chi connectivity index (χ4v) is 1.32. The van der Waals surface area contributed by atoms with Crippen molar-refractivity contribution in [3.63, 3.8) is 0 Å². The fraction of sp³-hybridized carbons (Fsp3) is 1.00. The molecule has 0 fully saturated rings. The van der Waals surface area contributed by atoms with Gasteiger partial charge in [-0.3, -0.25) is 0 Å². The van der Waals surface area contributed by atoms with Crippen molar-refractivity contribution in [2.24, 2.45) is 0 Å². The number of nitrogens with one attached hydrogen (secondary N) is 1. The van der Waals surface area contributed by atoms with Gasteiger partial charge in [-0.15, -0.1) is 0 Å². The van der Waals surface area contributed by atoms with Crippen LogP contribution in [0, 0.1) is 0 Å². The van der Waals surface area contributed by atoms with Crippen molar-refractivity contribution in [3.8, 4) is 0 Å². The fourth-order valence-electron chi connectivity index (χ4n) is 0.781. The second-order valence-corrected chi connectivity index (χ2v) is 4.95. The van der Waals surface area contributed by atoms with Gasteiger partial charge in [0.2, 0.25) is 10.0 Å². The van der Waals surface area contributed by atoms with Crippen molar-refractivity contribution < 1.29 is 13.2 Å². The van der Waals surface area contributed by atoms with Crippen molar-refractivity contribution in [2.75, 3.05) is 12.8 Å². The Morgan fingerprint density at radius 3 is 2.17 bits per heavy atom. The molecule has 0 amide bonds. The van der Waals surface area contributed by atoms with Crippen LogP contribution in [0.4, 0.5) is 0 Å². The molecule has 0 aromatic carbocycles. The highest BCUT2D eigenvalue weighted by Crippen LogP contribution is 1.95. The Bertz CT molecular complexity index is 211. The van der Waals surface area contributed by atoms with Gasteiger partial charge >= 0.3 is 0 Å². The Labute approximate surface area is 74.4 Å². The first-order valence-electron chi connectivity index (χ1n) is 3.91. The minimum Gasteiger partial charge on any atom is -0.374 e. The zero-order valence-corrected chi connectivity index (χ0v) is 8.81. The lowest BCUT2D eigenvalue weighted by molar-refractivity contribution is 0.0223. The highest BCUT2D eigenvalue weighted by Gasteiger charge is 2.07.